The number of amides is 3. The number of aromatic amines is 1. The molecular formula is C24H29N5O4. The van der Waals surface area contributed by atoms with Gasteiger partial charge < -0.3 is 25.3 Å². The van der Waals surface area contributed by atoms with Crippen molar-refractivity contribution < 1.29 is 19.1 Å². The monoisotopic (exact) mass is 451 g/mol. The van der Waals surface area contributed by atoms with Crippen LogP contribution in [0.2, 0.25) is 0 Å². The molecule has 0 bridgehead atoms. The molecule has 9 heteroatoms. The third-order valence-corrected chi connectivity index (χ3v) is 6.51. The Morgan fingerprint density at radius 2 is 2.18 bits per heavy atom. The molecule has 3 amide bonds. The summed E-state index contributed by atoms with van der Waals surface area (Å²) in [6.07, 6.45) is 1.40. The van der Waals surface area contributed by atoms with E-state index in [1.165, 1.54) is 0 Å². The number of nitriles is 1. The summed E-state index contributed by atoms with van der Waals surface area (Å²) in [5.41, 5.74) is 0.899. The van der Waals surface area contributed by atoms with Crippen LogP contribution in [0, 0.1) is 22.7 Å². The number of nitrogens with zero attached hydrogens (tertiary/aromatic N) is 2. The van der Waals surface area contributed by atoms with E-state index in [4.69, 9.17) is 4.74 Å². The molecule has 2 aliphatic heterocycles. The molecule has 33 heavy (non-hydrogen) atoms. The second kappa shape index (κ2) is 8.77. The number of H-pyrrole nitrogens is 1. The molecule has 0 aliphatic carbocycles. The quantitative estimate of drug-likeness (QED) is 0.619. The van der Waals surface area contributed by atoms with Gasteiger partial charge in [0, 0.05) is 29.9 Å². The fourth-order valence-electron chi connectivity index (χ4n) is 4.86. The lowest BCUT2D eigenvalue weighted by Crippen LogP contribution is -2.49. The number of ether oxygens (including phenoxy) is 1. The molecule has 0 spiro atoms. The average molecular weight is 452 g/mol. The first kappa shape index (κ1) is 22.6. The van der Waals surface area contributed by atoms with Crippen molar-refractivity contribution in [3.05, 3.63) is 30.0 Å². The summed E-state index contributed by atoms with van der Waals surface area (Å²) < 4.78 is 5.39. The number of aromatic nitrogens is 1. The Balaban J connectivity index is 1.53. The lowest BCUT2D eigenvalue weighted by atomic mass is 9.90. The van der Waals surface area contributed by atoms with Gasteiger partial charge in [-0.1, -0.05) is 19.9 Å². The van der Waals surface area contributed by atoms with Crippen molar-refractivity contribution in [2.75, 3.05) is 20.2 Å². The standard InChI is InChI=1S/C24H29N5O4/c1-24(2)11-19(22(31)27-15(12-25)9-14-7-8-26-21(14)30)29(13-24)23(32)18-10-16-17(28-18)5-4-6-20(16)33-3/h4-6,10,14-15,19,28H,7-9,11,13H2,1-3H3,(H,26,30)(H,27,31)/t14-,15-,19-/m0/s1. The molecule has 2 fully saturated rings. The Hall–Kier alpha value is -3.54. The molecule has 0 saturated carbocycles. The van der Waals surface area contributed by atoms with Gasteiger partial charge in [-0.15, -0.1) is 0 Å². The van der Waals surface area contributed by atoms with Crippen LogP contribution in [0.4, 0.5) is 0 Å². The summed E-state index contributed by atoms with van der Waals surface area (Å²) in [4.78, 5) is 43.2. The lowest BCUT2D eigenvalue weighted by Gasteiger charge is -2.25. The molecule has 2 saturated heterocycles. The highest BCUT2D eigenvalue weighted by molar-refractivity contribution is 6.01. The minimum absolute atomic E-state index is 0.0856. The zero-order valence-corrected chi connectivity index (χ0v) is 19.1. The number of likely N-dealkylation sites (tertiary alicyclic amines) is 1. The third kappa shape index (κ3) is 4.51. The second-order valence-corrected chi connectivity index (χ2v) is 9.62. The van der Waals surface area contributed by atoms with Gasteiger partial charge in [0.15, 0.2) is 0 Å². The molecule has 0 unspecified atom stereocenters. The summed E-state index contributed by atoms with van der Waals surface area (Å²) in [6.45, 7) is 5.03. The maximum atomic E-state index is 13.5. The van der Waals surface area contributed by atoms with Gasteiger partial charge in [-0.2, -0.15) is 5.26 Å². The smallest absolute Gasteiger partial charge is 0.271 e. The zero-order valence-electron chi connectivity index (χ0n) is 19.1. The van der Waals surface area contributed by atoms with Gasteiger partial charge in [0.05, 0.1) is 13.2 Å². The van der Waals surface area contributed by atoms with Gasteiger partial charge in [-0.05, 0) is 42.9 Å². The first-order chi connectivity index (χ1) is 15.7. The van der Waals surface area contributed by atoms with Crippen LogP contribution in [0.1, 0.15) is 43.6 Å². The lowest BCUT2D eigenvalue weighted by molar-refractivity contribution is -0.126. The van der Waals surface area contributed by atoms with Crippen molar-refractivity contribution in [3.8, 4) is 11.8 Å². The number of methoxy groups -OCH3 is 1. The van der Waals surface area contributed by atoms with E-state index in [9.17, 15) is 19.6 Å². The fraction of sp³-hybridized carbons (Fsp3) is 0.500. The molecule has 1 aromatic heterocycles. The van der Waals surface area contributed by atoms with Gasteiger partial charge >= 0.3 is 0 Å². The zero-order chi connectivity index (χ0) is 23.8. The molecular weight excluding hydrogens is 422 g/mol. The highest BCUT2D eigenvalue weighted by Gasteiger charge is 2.44. The van der Waals surface area contributed by atoms with Crippen molar-refractivity contribution >= 4 is 28.6 Å². The molecule has 0 radical (unpaired) electrons. The number of carbonyl (C=O) groups is 3. The van der Waals surface area contributed by atoms with Gasteiger partial charge in [-0.3, -0.25) is 14.4 Å². The van der Waals surface area contributed by atoms with Crippen LogP contribution in [0.25, 0.3) is 10.9 Å². The van der Waals surface area contributed by atoms with Crippen LogP contribution >= 0.6 is 0 Å². The molecule has 3 heterocycles. The summed E-state index contributed by atoms with van der Waals surface area (Å²) in [7, 11) is 1.58. The SMILES string of the molecule is COc1cccc2[nH]c(C(=O)N3CC(C)(C)C[C@H]3C(=O)N[C@H](C#N)C[C@@H]3CCNC3=O)cc12. The Bertz CT molecular complexity index is 1130. The number of carbonyl (C=O) groups excluding carboxylic acids is 3. The summed E-state index contributed by atoms with van der Waals surface area (Å²) in [5, 5.41) is 15.9. The van der Waals surface area contributed by atoms with E-state index in [0.717, 1.165) is 10.9 Å². The van der Waals surface area contributed by atoms with Crippen LogP contribution in [-0.4, -0.2) is 59.9 Å². The number of nitrogens with one attached hydrogen (secondary N) is 3. The van der Waals surface area contributed by atoms with Crippen molar-refractivity contribution in [1.29, 1.82) is 5.26 Å². The normalized spacial score (nSPS) is 22.6. The highest BCUT2D eigenvalue weighted by atomic mass is 16.5. The van der Waals surface area contributed by atoms with Gasteiger partial charge in [-0.25, -0.2) is 0 Å². The number of rotatable bonds is 6. The molecule has 3 atom stereocenters. The summed E-state index contributed by atoms with van der Waals surface area (Å²) >= 11 is 0. The summed E-state index contributed by atoms with van der Waals surface area (Å²) in [6, 6.07) is 7.88. The van der Waals surface area contributed by atoms with Crippen molar-refractivity contribution in [3.63, 3.8) is 0 Å². The molecule has 2 aliphatic rings. The number of fused-ring (bicyclic) bond motifs is 1. The minimum atomic E-state index is -0.788. The first-order valence-electron chi connectivity index (χ1n) is 11.2. The Morgan fingerprint density at radius 1 is 1.39 bits per heavy atom. The molecule has 4 rings (SSSR count). The summed E-state index contributed by atoms with van der Waals surface area (Å²) in [5.74, 6) is -0.353. The first-order valence-corrected chi connectivity index (χ1v) is 11.2. The van der Waals surface area contributed by atoms with E-state index in [2.05, 4.69) is 21.7 Å². The predicted molar refractivity (Wildman–Crippen MR) is 121 cm³/mol. The number of benzene rings is 1. The van der Waals surface area contributed by atoms with E-state index in [-0.39, 0.29) is 35.5 Å². The Kier molecular flexibility index (Phi) is 6.02. The molecule has 174 valence electrons. The van der Waals surface area contributed by atoms with Crippen LogP contribution < -0.4 is 15.4 Å². The predicted octanol–water partition coefficient (Wildman–Crippen LogP) is 1.95. The average Bonchev–Trinajstić information content (AvgIpc) is 3.48. The minimum Gasteiger partial charge on any atom is -0.496 e. The van der Waals surface area contributed by atoms with Crippen LogP contribution in [0.15, 0.2) is 24.3 Å². The largest absolute Gasteiger partial charge is 0.496 e. The van der Waals surface area contributed by atoms with Crippen LogP contribution in [0.5, 0.6) is 5.75 Å². The van der Waals surface area contributed by atoms with Crippen molar-refractivity contribution in [2.45, 2.75) is 45.2 Å². The van der Waals surface area contributed by atoms with Crippen LogP contribution in [0.3, 0.4) is 0 Å². The topological polar surface area (TPSA) is 127 Å². The fourth-order valence-corrected chi connectivity index (χ4v) is 4.86. The molecule has 3 N–H and O–H groups in total. The highest BCUT2D eigenvalue weighted by Crippen LogP contribution is 2.36. The third-order valence-electron chi connectivity index (χ3n) is 6.51. The van der Waals surface area contributed by atoms with Crippen molar-refractivity contribution in [2.24, 2.45) is 11.3 Å². The van der Waals surface area contributed by atoms with Gasteiger partial charge in [0.2, 0.25) is 11.8 Å². The second-order valence-electron chi connectivity index (χ2n) is 9.62. The van der Waals surface area contributed by atoms with Gasteiger partial charge in [0.25, 0.3) is 5.91 Å². The number of hydrogen-bond acceptors (Lipinski definition) is 5. The van der Waals surface area contributed by atoms with E-state index < -0.39 is 12.1 Å². The van der Waals surface area contributed by atoms with E-state index in [1.54, 1.807) is 18.1 Å². The molecule has 2 aromatic rings. The van der Waals surface area contributed by atoms with Crippen LogP contribution in [-0.2, 0) is 9.59 Å². The van der Waals surface area contributed by atoms with Crippen molar-refractivity contribution in [1.82, 2.24) is 20.5 Å². The maximum absolute atomic E-state index is 13.5. The molecule has 1 aromatic carbocycles. The number of hydrogen-bond donors (Lipinski definition) is 3. The maximum Gasteiger partial charge on any atom is 0.271 e. The van der Waals surface area contributed by atoms with E-state index in [1.807, 2.05) is 32.0 Å². The Morgan fingerprint density at radius 3 is 2.85 bits per heavy atom. The van der Waals surface area contributed by atoms with E-state index >= 15 is 0 Å². The van der Waals surface area contributed by atoms with Gasteiger partial charge in [0.1, 0.15) is 23.5 Å². The Labute approximate surface area is 192 Å². The molecule has 9 nitrogen and oxygen atoms in total. The van der Waals surface area contributed by atoms with E-state index in [0.29, 0.717) is 37.4 Å².